The van der Waals surface area contributed by atoms with Crippen LogP contribution in [0.5, 0.6) is 0 Å². The first kappa shape index (κ1) is 22.4. The molecule has 0 spiro atoms. The molecule has 0 unspecified atom stereocenters. The number of aryl methyl sites for hydroxylation is 1. The number of carbonyl (C=O) groups excluding carboxylic acids is 2. The van der Waals surface area contributed by atoms with Crippen LogP contribution >= 0.6 is 0 Å². The molecule has 0 amide bonds. The van der Waals surface area contributed by atoms with Crippen molar-refractivity contribution in [1.29, 1.82) is 0 Å². The van der Waals surface area contributed by atoms with Gasteiger partial charge in [0.1, 0.15) is 5.92 Å². The molecule has 2 heterocycles. The minimum absolute atomic E-state index is 0.160. The number of nitrogens with one attached hydrogen (secondary N) is 2. The van der Waals surface area contributed by atoms with Gasteiger partial charge >= 0.3 is 5.97 Å². The van der Waals surface area contributed by atoms with Crippen molar-refractivity contribution in [3.63, 3.8) is 0 Å². The predicted octanol–water partition coefficient (Wildman–Crippen LogP) is 6.05. The lowest BCUT2D eigenvalue weighted by atomic mass is 9.74. The number of para-hydroxylation sites is 3. The number of hydrogen-bond acceptors (Lipinski definition) is 5. The number of rotatable bonds is 3. The molecule has 6 rings (SSSR count). The van der Waals surface area contributed by atoms with Crippen LogP contribution < -0.4 is 10.6 Å². The minimum atomic E-state index is -0.813. The monoisotopic (exact) mass is 479 g/mol. The largest absolute Gasteiger partial charge is 0.468 e. The number of ether oxygens (including phenoxy) is 1. The lowest BCUT2D eigenvalue weighted by molar-refractivity contribution is -0.151. The van der Waals surface area contributed by atoms with Gasteiger partial charge in [-0.05, 0) is 55.2 Å². The molecule has 2 aliphatic rings. The average Bonchev–Trinajstić information content (AvgIpc) is 3.10. The fourth-order valence-electron chi connectivity index (χ4n) is 5.98. The highest BCUT2D eigenvalue weighted by Crippen LogP contribution is 2.44. The molecule has 0 saturated carbocycles. The van der Waals surface area contributed by atoms with Gasteiger partial charge in [0.2, 0.25) is 0 Å². The van der Waals surface area contributed by atoms with E-state index in [2.05, 4.69) is 64.6 Å². The Hall–Kier alpha value is -4.06. The Morgan fingerprint density at radius 1 is 1.00 bits per heavy atom. The average molecular weight is 480 g/mol. The summed E-state index contributed by atoms with van der Waals surface area (Å²) < 4.78 is 7.36. The van der Waals surface area contributed by atoms with Crippen molar-refractivity contribution in [3.8, 4) is 0 Å². The van der Waals surface area contributed by atoms with Crippen LogP contribution in [0.1, 0.15) is 31.9 Å². The predicted molar refractivity (Wildman–Crippen MR) is 143 cm³/mol. The van der Waals surface area contributed by atoms with E-state index in [4.69, 9.17) is 4.74 Å². The molecule has 36 heavy (non-hydrogen) atoms. The number of hydrogen-bond donors (Lipinski definition) is 2. The van der Waals surface area contributed by atoms with E-state index < -0.39 is 17.9 Å². The summed E-state index contributed by atoms with van der Waals surface area (Å²) in [5.41, 5.74) is 6.67. The van der Waals surface area contributed by atoms with E-state index >= 15 is 0 Å². The van der Waals surface area contributed by atoms with Crippen LogP contribution in [0.4, 0.5) is 11.4 Å². The third-order valence-electron chi connectivity index (χ3n) is 7.67. The molecule has 0 radical (unpaired) electrons. The van der Waals surface area contributed by atoms with Crippen LogP contribution in [0.25, 0.3) is 21.8 Å². The summed E-state index contributed by atoms with van der Waals surface area (Å²) >= 11 is 0. The van der Waals surface area contributed by atoms with E-state index in [0.29, 0.717) is 12.0 Å². The molecule has 4 aromatic rings. The van der Waals surface area contributed by atoms with E-state index in [0.717, 1.165) is 34.6 Å². The quantitative estimate of drug-likeness (QED) is 0.277. The van der Waals surface area contributed by atoms with Crippen LogP contribution in [0, 0.1) is 11.8 Å². The molecule has 3 atom stereocenters. The van der Waals surface area contributed by atoms with Gasteiger partial charge in [0.25, 0.3) is 0 Å². The van der Waals surface area contributed by atoms with Crippen LogP contribution in [0.15, 0.2) is 78.0 Å². The van der Waals surface area contributed by atoms with Gasteiger partial charge < -0.3 is 19.9 Å². The van der Waals surface area contributed by atoms with Gasteiger partial charge in [-0.15, -0.1) is 0 Å². The molecule has 0 bridgehead atoms. The Bertz CT molecular complexity index is 1560. The standard InChI is InChI=1S/C30H29N3O3/c1-4-33-24-12-8-5-9-19(24)20-16-18(13-14-25(20)33)28-27-23(31-21-10-6-7-11-22(21)32-28)15-17(2)26(29(27)34)30(35)36-3/h5-14,16-17,26,28,31-32H,4,15H2,1-3H3/t17-,26+,28-/m0/s1. The number of methoxy groups -OCH3 is 1. The van der Waals surface area contributed by atoms with Gasteiger partial charge in [-0.25, -0.2) is 0 Å². The van der Waals surface area contributed by atoms with E-state index in [1.807, 2.05) is 31.2 Å². The maximum atomic E-state index is 13.9. The number of Topliss-reactive ketones (excluding diaryl/α,β-unsaturated/α-hetero) is 1. The molecular formula is C30H29N3O3. The maximum Gasteiger partial charge on any atom is 0.316 e. The molecule has 0 fully saturated rings. The zero-order chi connectivity index (χ0) is 25.0. The Morgan fingerprint density at radius 3 is 2.50 bits per heavy atom. The SMILES string of the molecule is CCn1c2ccccc2c2cc([C@@H]3Nc4ccccc4NC4=C3C(=O)[C@H](C(=O)OC)[C@@H](C)C4)ccc21. The van der Waals surface area contributed by atoms with E-state index in [9.17, 15) is 9.59 Å². The van der Waals surface area contributed by atoms with Crippen molar-refractivity contribution in [3.05, 3.63) is 83.6 Å². The first-order valence-corrected chi connectivity index (χ1v) is 12.5. The molecular weight excluding hydrogens is 450 g/mol. The summed E-state index contributed by atoms with van der Waals surface area (Å²) in [4.78, 5) is 26.6. The Kier molecular flexibility index (Phi) is 5.32. The van der Waals surface area contributed by atoms with Crippen molar-refractivity contribution >= 4 is 44.9 Å². The number of benzene rings is 3. The number of fused-ring (bicyclic) bond motifs is 4. The lowest BCUT2D eigenvalue weighted by Gasteiger charge is -2.32. The van der Waals surface area contributed by atoms with Crippen molar-refractivity contribution in [2.45, 2.75) is 32.9 Å². The molecule has 2 N–H and O–H groups in total. The zero-order valence-corrected chi connectivity index (χ0v) is 20.7. The molecule has 6 heteroatoms. The number of nitrogens with zero attached hydrogens (tertiary/aromatic N) is 1. The van der Waals surface area contributed by atoms with Crippen LogP contribution in [-0.4, -0.2) is 23.4 Å². The Morgan fingerprint density at radius 2 is 1.72 bits per heavy atom. The summed E-state index contributed by atoms with van der Waals surface area (Å²) in [5, 5.41) is 9.49. The van der Waals surface area contributed by atoms with Gasteiger partial charge in [-0.2, -0.15) is 0 Å². The van der Waals surface area contributed by atoms with Crippen LogP contribution in [0.2, 0.25) is 0 Å². The molecule has 182 valence electrons. The van der Waals surface area contributed by atoms with Crippen molar-refractivity contribution < 1.29 is 14.3 Å². The summed E-state index contributed by atoms with van der Waals surface area (Å²) in [6.07, 6.45) is 0.588. The van der Waals surface area contributed by atoms with Gasteiger partial charge in [-0.1, -0.05) is 43.3 Å². The van der Waals surface area contributed by atoms with E-state index in [-0.39, 0.29) is 11.7 Å². The maximum absolute atomic E-state index is 13.9. The second kappa shape index (κ2) is 8.55. The summed E-state index contributed by atoms with van der Waals surface area (Å²) in [6, 6.07) is 22.4. The smallest absolute Gasteiger partial charge is 0.316 e. The van der Waals surface area contributed by atoms with E-state index in [1.165, 1.54) is 23.5 Å². The van der Waals surface area contributed by atoms with E-state index in [1.54, 1.807) is 0 Å². The van der Waals surface area contributed by atoms with Gasteiger partial charge in [0, 0.05) is 39.6 Å². The highest BCUT2D eigenvalue weighted by Gasteiger charge is 2.44. The number of allylic oxidation sites excluding steroid dienone is 1. The molecule has 3 aromatic carbocycles. The molecule has 6 nitrogen and oxygen atoms in total. The van der Waals surface area contributed by atoms with Gasteiger partial charge in [0.15, 0.2) is 5.78 Å². The molecule has 1 aliphatic heterocycles. The fraction of sp³-hybridized carbons (Fsp3) is 0.267. The van der Waals surface area contributed by atoms with Crippen LogP contribution in [-0.2, 0) is 20.9 Å². The number of anilines is 2. The third-order valence-corrected chi connectivity index (χ3v) is 7.67. The van der Waals surface area contributed by atoms with Gasteiger partial charge in [0.05, 0.1) is 24.5 Å². The number of carbonyl (C=O) groups is 2. The van der Waals surface area contributed by atoms with Crippen LogP contribution in [0.3, 0.4) is 0 Å². The number of esters is 1. The number of aromatic nitrogens is 1. The summed E-state index contributed by atoms with van der Waals surface area (Å²) in [6.45, 7) is 4.96. The zero-order valence-electron chi connectivity index (χ0n) is 20.7. The van der Waals surface area contributed by atoms with Gasteiger partial charge in [-0.3, -0.25) is 9.59 Å². The Labute approximate surface area is 209 Å². The third kappa shape index (κ3) is 3.32. The van der Waals surface area contributed by atoms with Crippen molar-refractivity contribution in [1.82, 2.24) is 4.57 Å². The highest BCUT2D eigenvalue weighted by molar-refractivity contribution is 6.12. The topological polar surface area (TPSA) is 72.4 Å². The van der Waals surface area contributed by atoms with Crippen molar-refractivity contribution in [2.24, 2.45) is 11.8 Å². The molecule has 1 aliphatic carbocycles. The minimum Gasteiger partial charge on any atom is -0.468 e. The second-order valence-electron chi connectivity index (χ2n) is 9.72. The summed E-state index contributed by atoms with van der Waals surface area (Å²) in [5.74, 6) is -1.62. The normalized spacial score (nSPS) is 21.4. The second-order valence-corrected chi connectivity index (χ2v) is 9.72. The van der Waals surface area contributed by atoms with Crippen molar-refractivity contribution in [2.75, 3.05) is 17.7 Å². The molecule has 1 aromatic heterocycles. The fourth-order valence-corrected chi connectivity index (χ4v) is 5.98. The summed E-state index contributed by atoms with van der Waals surface area (Å²) in [7, 11) is 1.35. The molecule has 0 saturated heterocycles. The lowest BCUT2D eigenvalue weighted by Crippen LogP contribution is -2.39. The Balaban J connectivity index is 1.57. The first-order valence-electron chi connectivity index (χ1n) is 12.5. The highest BCUT2D eigenvalue weighted by atomic mass is 16.5. The first-order chi connectivity index (χ1) is 17.5. The number of ketones is 1.